The Bertz CT molecular complexity index is 872. The Kier molecular flexibility index (Phi) is 6.25. The number of halogens is 1. The number of aromatic nitrogens is 1. The third-order valence-electron chi connectivity index (χ3n) is 4.82. The summed E-state index contributed by atoms with van der Waals surface area (Å²) in [6.45, 7) is 6.68. The largest absolute Gasteiger partial charge is 0.444 e. The first kappa shape index (κ1) is 20.9. The molecule has 0 aliphatic carbocycles. The van der Waals surface area contributed by atoms with Gasteiger partial charge in [-0.2, -0.15) is 0 Å². The number of rotatable bonds is 3. The van der Waals surface area contributed by atoms with Crippen molar-refractivity contribution in [2.24, 2.45) is 0 Å². The van der Waals surface area contributed by atoms with Crippen LogP contribution in [0, 0.1) is 5.82 Å². The molecule has 29 heavy (non-hydrogen) atoms. The van der Waals surface area contributed by atoms with Crippen LogP contribution in [0.1, 0.15) is 50.4 Å². The van der Waals surface area contributed by atoms with Gasteiger partial charge in [0.05, 0.1) is 11.3 Å². The van der Waals surface area contributed by atoms with Crippen LogP contribution in [-0.2, 0) is 4.74 Å². The van der Waals surface area contributed by atoms with Gasteiger partial charge >= 0.3 is 6.09 Å². The van der Waals surface area contributed by atoms with Crippen molar-refractivity contribution in [1.29, 1.82) is 0 Å². The Hall–Kier alpha value is -2.83. The lowest BCUT2D eigenvalue weighted by molar-refractivity contribution is 0.0256. The van der Waals surface area contributed by atoms with E-state index < -0.39 is 5.60 Å². The number of nitrogens with one attached hydrogen (secondary N) is 2. The lowest BCUT2D eigenvalue weighted by Crippen LogP contribution is -2.39. The fourth-order valence-corrected chi connectivity index (χ4v) is 3.45. The SMILES string of the molecule is CC(C)(C)OC(=O)N1CCCC(NC(=O)c2cc[nH]c2-c2cccc(F)c2)CC1. The number of H-pyrrole nitrogens is 1. The molecule has 1 saturated heterocycles. The van der Waals surface area contributed by atoms with Gasteiger partial charge in [-0.15, -0.1) is 0 Å². The van der Waals surface area contributed by atoms with Crippen molar-refractivity contribution >= 4 is 12.0 Å². The zero-order chi connectivity index (χ0) is 21.0. The molecule has 1 atom stereocenters. The van der Waals surface area contributed by atoms with Crippen LogP contribution in [-0.4, -0.2) is 46.6 Å². The summed E-state index contributed by atoms with van der Waals surface area (Å²) in [6.07, 6.45) is 3.58. The molecule has 2 aromatic rings. The first-order chi connectivity index (χ1) is 13.7. The summed E-state index contributed by atoms with van der Waals surface area (Å²) in [5.41, 5.74) is 1.16. The van der Waals surface area contributed by atoms with Gasteiger partial charge in [0, 0.05) is 30.9 Å². The van der Waals surface area contributed by atoms with Gasteiger partial charge in [-0.3, -0.25) is 4.79 Å². The first-order valence-electron chi connectivity index (χ1n) is 9.95. The zero-order valence-electron chi connectivity index (χ0n) is 17.1. The van der Waals surface area contributed by atoms with E-state index in [9.17, 15) is 14.0 Å². The van der Waals surface area contributed by atoms with E-state index in [0.29, 0.717) is 36.3 Å². The molecule has 0 saturated carbocycles. The highest BCUT2D eigenvalue weighted by Crippen LogP contribution is 2.23. The molecular weight excluding hydrogens is 373 g/mol. The van der Waals surface area contributed by atoms with E-state index >= 15 is 0 Å². The van der Waals surface area contributed by atoms with Crippen LogP contribution in [0.15, 0.2) is 36.5 Å². The van der Waals surface area contributed by atoms with Crippen molar-refractivity contribution in [3.8, 4) is 11.3 Å². The minimum Gasteiger partial charge on any atom is -0.444 e. The van der Waals surface area contributed by atoms with Gasteiger partial charge < -0.3 is 19.9 Å². The second kappa shape index (κ2) is 8.68. The molecule has 1 aromatic heterocycles. The predicted octanol–water partition coefficient (Wildman–Crippen LogP) is 4.34. The average molecular weight is 401 g/mol. The van der Waals surface area contributed by atoms with E-state index in [4.69, 9.17) is 4.74 Å². The van der Waals surface area contributed by atoms with Crippen LogP contribution in [0.4, 0.5) is 9.18 Å². The van der Waals surface area contributed by atoms with Gasteiger partial charge in [-0.25, -0.2) is 9.18 Å². The van der Waals surface area contributed by atoms with Crippen LogP contribution < -0.4 is 5.32 Å². The number of hydrogen-bond acceptors (Lipinski definition) is 3. The minimum absolute atomic E-state index is 0.0369. The van der Waals surface area contributed by atoms with Crippen molar-refractivity contribution in [2.45, 2.75) is 51.7 Å². The third-order valence-corrected chi connectivity index (χ3v) is 4.82. The van der Waals surface area contributed by atoms with Gasteiger partial charge in [0.25, 0.3) is 5.91 Å². The first-order valence-corrected chi connectivity index (χ1v) is 9.95. The number of aromatic amines is 1. The van der Waals surface area contributed by atoms with E-state index in [2.05, 4.69) is 10.3 Å². The Morgan fingerprint density at radius 1 is 1.21 bits per heavy atom. The molecule has 1 aliphatic heterocycles. The van der Waals surface area contributed by atoms with Crippen LogP contribution in [0.2, 0.25) is 0 Å². The van der Waals surface area contributed by atoms with Crippen LogP contribution >= 0.6 is 0 Å². The molecule has 6 nitrogen and oxygen atoms in total. The van der Waals surface area contributed by atoms with E-state index in [0.717, 1.165) is 12.8 Å². The Balaban J connectivity index is 1.62. The Labute approximate surface area is 170 Å². The maximum absolute atomic E-state index is 13.6. The summed E-state index contributed by atoms with van der Waals surface area (Å²) in [5, 5.41) is 3.06. The summed E-state index contributed by atoms with van der Waals surface area (Å²) in [7, 11) is 0. The molecule has 1 aliphatic rings. The molecule has 7 heteroatoms. The maximum Gasteiger partial charge on any atom is 0.410 e. The number of amides is 2. The van der Waals surface area contributed by atoms with Crippen molar-refractivity contribution in [1.82, 2.24) is 15.2 Å². The second-order valence-electron chi connectivity index (χ2n) is 8.35. The molecule has 2 amide bonds. The molecule has 2 heterocycles. The van der Waals surface area contributed by atoms with Crippen LogP contribution in [0.3, 0.4) is 0 Å². The quantitative estimate of drug-likeness (QED) is 0.803. The Morgan fingerprint density at radius 2 is 2.00 bits per heavy atom. The molecule has 1 fully saturated rings. The molecule has 1 unspecified atom stereocenters. The zero-order valence-corrected chi connectivity index (χ0v) is 17.1. The lowest BCUT2D eigenvalue weighted by atomic mass is 10.1. The van der Waals surface area contributed by atoms with Gasteiger partial charge in [0.15, 0.2) is 0 Å². The Morgan fingerprint density at radius 3 is 2.72 bits per heavy atom. The summed E-state index contributed by atoms with van der Waals surface area (Å²) < 4.78 is 19.0. The number of hydrogen-bond donors (Lipinski definition) is 2. The van der Waals surface area contributed by atoms with Gasteiger partial charge in [0.1, 0.15) is 11.4 Å². The minimum atomic E-state index is -0.529. The summed E-state index contributed by atoms with van der Waals surface area (Å²) in [5.74, 6) is -0.560. The number of nitrogens with zero attached hydrogens (tertiary/aromatic N) is 1. The molecule has 156 valence electrons. The monoisotopic (exact) mass is 401 g/mol. The van der Waals surface area contributed by atoms with Crippen molar-refractivity contribution in [3.05, 3.63) is 47.9 Å². The number of carbonyl (C=O) groups excluding carboxylic acids is 2. The summed E-state index contributed by atoms with van der Waals surface area (Å²) in [4.78, 5) is 29.9. The standard InChI is InChI=1S/C22H28FN3O3/c1-22(2,3)29-21(28)26-12-5-8-17(10-13-26)25-20(27)18-9-11-24-19(18)15-6-4-7-16(23)14-15/h4,6-7,9,11,14,17,24H,5,8,10,12-13H2,1-3H3,(H,25,27). The highest BCUT2D eigenvalue weighted by molar-refractivity contribution is 6.00. The number of carbonyl (C=O) groups is 2. The highest BCUT2D eigenvalue weighted by atomic mass is 19.1. The van der Waals surface area contributed by atoms with Crippen molar-refractivity contribution in [3.63, 3.8) is 0 Å². The average Bonchev–Trinajstić information content (AvgIpc) is 3.01. The maximum atomic E-state index is 13.6. The molecule has 0 spiro atoms. The fraction of sp³-hybridized carbons (Fsp3) is 0.455. The van der Waals surface area contributed by atoms with Gasteiger partial charge in [-0.1, -0.05) is 12.1 Å². The molecule has 3 rings (SSSR count). The summed E-state index contributed by atoms with van der Waals surface area (Å²) >= 11 is 0. The molecule has 2 N–H and O–H groups in total. The van der Waals surface area contributed by atoms with Crippen LogP contribution in [0.5, 0.6) is 0 Å². The van der Waals surface area contributed by atoms with E-state index in [1.54, 1.807) is 29.3 Å². The molecule has 0 bridgehead atoms. The molecule has 0 radical (unpaired) electrons. The van der Waals surface area contributed by atoms with Gasteiger partial charge in [-0.05, 0) is 58.2 Å². The third kappa shape index (κ3) is 5.59. The van der Waals surface area contributed by atoms with E-state index in [1.165, 1.54) is 12.1 Å². The summed E-state index contributed by atoms with van der Waals surface area (Å²) in [6, 6.07) is 7.80. The normalized spacial score (nSPS) is 17.5. The fourth-order valence-electron chi connectivity index (χ4n) is 3.45. The highest BCUT2D eigenvalue weighted by Gasteiger charge is 2.26. The molecule has 1 aromatic carbocycles. The van der Waals surface area contributed by atoms with E-state index in [-0.39, 0.29) is 23.9 Å². The number of ether oxygens (including phenoxy) is 1. The van der Waals surface area contributed by atoms with E-state index in [1.807, 2.05) is 20.8 Å². The van der Waals surface area contributed by atoms with Gasteiger partial charge in [0.2, 0.25) is 0 Å². The van der Waals surface area contributed by atoms with Crippen molar-refractivity contribution in [2.75, 3.05) is 13.1 Å². The number of likely N-dealkylation sites (tertiary alicyclic amines) is 1. The topological polar surface area (TPSA) is 74.4 Å². The molecular formula is C22H28FN3O3. The predicted molar refractivity (Wildman–Crippen MR) is 109 cm³/mol. The smallest absolute Gasteiger partial charge is 0.410 e. The van der Waals surface area contributed by atoms with Crippen molar-refractivity contribution < 1.29 is 18.7 Å². The number of benzene rings is 1. The second-order valence-corrected chi connectivity index (χ2v) is 8.35. The van der Waals surface area contributed by atoms with Crippen LogP contribution in [0.25, 0.3) is 11.3 Å². The lowest BCUT2D eigenvalue weighted by Gasteiger charge is -2.26.